The predicted molar refractivity (Wildman–Crippen MR) is 74.3 cm³/mol. The van der Waals surface area contributed by atoms with Crippen molar-refractivity contribution < 1.29 is 4.79 Å². The molecular formula is C15H10N4O. The number of fused-ring (bicyclic) bond motifs is 1. The van der Waals surface area contributed by atoms with Crippen molar-refractivity contribution >= 4 is 17.2 Å². The molecule has 3 aromatic rings. The molecule has 2 heterocycles. The summed E-state index contributed by atoms with van der Waals surface area (Å²) in [4.78, 5) is 16.2. The highest BCUT2D eigenvalue weighted by Gasteiger charge is 2.07. The van der Waals surface area contributed by atoms with E-state index in [1.54, 1.807) is 59.4 Å². The number of nitriles is 1. The molecule has 0 aliphatic rings. The van der Waals surface area contributed by atoms with Gasteiger partial charge in [0.05, 0.1) is 17.2 Å². The van der Waals surface area contributed by atoms with E-state index in [0.717, 1.165) is 5.65 Å². The second kappa shape index (κ2) is 4.86. The number of nitrogens with one attached hydrogen (secondary N) is 1. The molecule has 0 spiro atoms. The van der Waals surface area contributed by atoms with Gasteiger partial charge in [-0.25, -0.2) is 4.98 Å². The van der Waals surface area contributed by atoms with Crippen LogP contribution in [-0.4, -0.2) is 15.3 Å². The van der Waals surface area contributed by atoms with Crippen molar-refractivity contribution in [2.24, 2.45) is 0 Å². The fourth-order valence-electron chi connectivity index (χ4n) is 1.89. The number of carbonyl (C=O) groups is 1. The van der Waals surface area contributed by atoms with E-state index in [4.69, 9.17) is 5.26 Å². The molecule has 0 saturated heterocycles. The summed E-state index contributed by atoms with van der Waals surface area (Å²) < 4.78 is 1.79. The lowest BCUT2D eigenvalue weighted by molar-refractivity contribution is 0.102. The molecule has 0 radical (unpaired) electrons. The molecule has 0 unspecified atom stereocenters. The van der Waals surface area contributed by atoms with Crippen molar-refractivity contribution in [3.63, 3.8) is 0 Å². The molecule has 1 N–H and O–H groups in total. The molecule has 0 atom stereocenters. The van der Waals surface area contributed by atoms with Crippen LogP contribution in [-0.2, 0) is 0 Å². The molecule has 1 amide bonds. The lowest BCUT2D eigenvalue weighted by Crippen LogP contribution is -2.12. The zero-order valence-corrected chi connectivity index (χ0v) is 10.4. The molecule has 1 aromatic carbocycles. The number of nitrogens with zero attached hydrogens (tertiary/aromatic N) is 3. The second-order valence-corrected chi connectivity index (χ2v) is 4.25. The van der Waals surface area contributed by atoms with Crippen molar-refractivity contribution in [2.45, 2.75) is 0 Å². The number of aromatic nitrogens is 2. The van der Waals surface area contributed by atoms with Gasteiger partial charge < -0.3 is 9.72 Å². The summed E-state index contributed by atoms with van der Waals surface area (Å²) in [6, 6.07) is 12.3. The monoisotopic (exact) mass is 262 g/mol. The third-order valence-corrected chi connectivity index (χ3v) is 2.92. The number of hydrogen-bond donors (Lipinski definition) is 1. The van der Waals surface area contributed by atoms with Crippen molar-refractivity contribution in [3.8, 4) is 6.07 Å². The largest absolute Gasteiger partial charge is 0.322 e. The Hall–Kier alpha value is -3.13. The molecule has 3 rings (SSSR count). The Morgan fingerprint density at radius 3 is 2.75 bits per heavy atom. The quantitative estimate of drug-likeness (QED) is 0.771. The minimum Gasteiger partial charge on any atom is -0.322 e. The Balaban J connectivity index is 1.82. The summed E-state index contributed by atoms with van der Waals surface area (Å²) in [5.74, 6) is -0.203. The Bertz CT molecular complexity index is 812. The first-order valence-corrected chi connectivity index (χ1v) is 6.00. The van der Waals surface area contributed by atoms with Crippen molar-refractivity contribution in [2.75, 3.05) is 5.32 Å². The van der Waals surface area contributed by atoms with Crippen LogP contribution in [0.4, 0.5) is 5.69 Å². The lowest BCUT2D eigenvalue weighted by atomic mass is 10.2. The van der Waals surface area contributed by atoms with Crippen LogP contribution < -0.4 is 5.32 Å². The molecule has 2 aromatic heterocycles. The second-order valence-electron chi connectivity index (χ2n) is 4.25. The van der Waals surface area contributed by atoms with Crippen LogP contribution in [0.5, 0.6) is 0 Å². The van der Waals surface area contributed by atoms with E-state index in [1.807, 2.05) is 6.07 Å². The van der Waals surface area contributed by atoms with Gasteiger partial charge in [0.1, 0.15) is 5.65 Å². The maximum Gasteiger partial charge on any atom is 0.257 e. The number of carbonyl (C=O) groups excluding carboxylic acids is 1. The molecule has 0 aliphatic heterocycles. The molecule has 0 aliphatic carbocycles. The van der Waals surface area contributed by atoms with Gasteiger partial charge in [-0.3, -0.25) is 4.79 Å². The molecule has 20 heavy (non-hydrogen) atoms. The number of anilines is 1. The number of rotatable bonds is 2. The third kappa shape index (κ3) is 2.22. The highest BCUT2D eigenvalue weighted by atomic mass is 16.1. The van der Waals surface area contributed by atoms with Crippen molar-refractivity contribution in [3.05, 3.63) is 66.1 Å². The molecule has 5 heteroatoms. The maximum absolute atomic E-state index is 12.1. The third-order valence-electron chi connectivity index (χ3n) is 2.92. The van der Waals surface area contributed by atoms with E-state index in [1.165, 1.54) is 0 Å². The molecular weight excluding hydrogens is 252 g/mol. The molecule has 0 saturated carbocycles. The molecule has 0 fully saturated rings. The topological polar surface area (TPSA) is 70.2 Å². The van der Waals surface area contributed by atoms with Crippen LogP contribution in [0.25, 0.3) is 5.65 Å². The predicted octanol–water partition coefficient (Wildman–Crippen LogP) is 2.46. The van der Waals surface area contributed by atoms with E-state index < -0.39 is 0 Å². The fraction of sp³-hybridized carbons (Fsp3) is 0. The van der Waals surface area contributed by atoms with Crippen LogP contribution >= 0.6 is 0 Å². The summed E-state index contributed by atoms with van der Waals surface area (Å²) in [5, 5.41) is 11.5. The van der Waals surface area contributed by atoms with E-state index >= 15 is 0 Å². The molecule has 5 nitrogen and oxygen atoms in total. The molecule has 96 valence electrons. The summed E-state index contributed by atoms with van der Waals surface area (Å²) in [6.45, 7) is 0. The summed E-state index contributed by atoms with van der Waals surface area (Å²) in [6.07, 6.45) is 5.19. The van der Waals surface area contributed by atoms with Crippen LogP contribution in [0.15, 0.2) is 55.0 Å². The minimum atomic E-state index is -0.203. The Morgan fingerprint density at radius 2 is 2.00 bits per heavy atom. The van der Waals surface area contributed by atoms with Gasteiger partial charge in [0.15, 0.2) is 0 Å². The van der Waals surface area contributed by atoms with Gasteiger partial charge in [-0.15, -0.1) is 0 Å². The SMILES string of the molecule is N#Cc1ccc(NC(=O)c2ccc3nccn3c2)cc1. The van der Waals surface area contributed by atoms with Gasteiger partial charge in [-0.2, -0.15) is 5.26 Å². The number of imidazole rings is 1. The number of amides is 1. The summed E-state index contributed by atoms with van der Waals surface area (Å²) >= 11 is 0. The highest BCUT2D eigenvalue weighted by Crippen LogP contribution is 2.11. The van der Waals surface area contributed by atoms with Crippen molar-refractivity contribution in [1.82, 2.24) is 9.38 Å². The van der Waals surface area contributed by atoms with Gasteiger partial charge >= 0.3 is 0 Å². The maximum atomic E-state index is 12.1. The number of hydrogen-bond acceptors (Lipinski definition) is 3. The Morgan fingerprint density at radius 1 is 1.20 bits per heavy atom. The molecule has 0 bridgehead atoms. The van der Waals surface area contributed by atoms with Crippen LogP contribution in [0, 0.1) is 11.3 Å². The normalized spacial score (nSPS) is 10.2. The Labute approximate surface area is 115 Å². The number of benzene rings is 1. The van der Waals surface area contributed by atoms with Gasteiger partial charge in [-0.05, 0) is 36.4 Å². The van der Waals surface area contributed by atoms with Crippen LogP contribution in [0.1, 0.15) is 15.9 Å². The smallest absolute Gasteiger partial charge is 0.257 e. The zero-order chi connectivity index (χ0) is 13.9. The first kappa shape index (κ1) is 11.9. The van der Waals surface area contributed by atoms with Crippen LogP contribution in [0.3, 0.4) is 0 Å². The van der Waals surface area contributed by atoms with E-state index in [9.17, 15) is 4.79 Å². The van der Waals surface area contributed by atoms with E-state index in [0.29, 0.717) is 16.8 Å². The summed E-state index contributed by atoms with van der Waals surface area (Å²) in [7, 11) is 0. The summed E-state index contributed by atoms with van der Waals surface area (Å²) in [5.41, 5.74) is 2.54. The first-order valence-electron chi connectivity index (χ1n) is 6.00. The fourth-order valence-corrected chi connectivity index (χ4v) is 1.89. The van der Waals surface area contributed by atoms with Gasteiger partial charge in [0.25, 0.3) is 5.91 Å². The van der Waals surface area contributed by atoms with E-state index in [-0.39, 0.29) is 5.91 Å². The minimum absolute atomic E-state index is 0.203. The number of pyridine rings is 1. The van der Waals surface area contributed by atoms with Crippen molar-refractivity contribution in [1.29, 1.82) is 5.26 Å². The lowest BCUT2D eigenvalue weighted by Gasteiger charge is -2.05. The standard InChI is InChI=1S/C15H10N4O/c16-9-11-1-4-13(5-2-11)18-15(20)12-3-6-14-17-7-8-19(14)10-12/h1-8,10H,(H,18,20). The average Bonchev–Trinajstić information content (AvgIpc) is 2.95. The zero-order valence-electron chi connectivity index (χ0n) is 10.4. The average molecular weight is 262 g/mol. The highest BCUT2D eigenvalue weighted by molar-refractivity contribution is 6.04. The van der Waals surface area contributed by atoms with Gasteiger partial charge in [-0.1, -0.05) is 0 Å². The van der Waals surface area contributed by atoms with Gasteiger partial charge in [0.2, 0.25) is 0 Å². The Kier molecular flexibility index (Phi) is 2.90. The first-order chi connectivity index (χ1) is 9.76. The van der Waals surface area contributed by atoms with Crippen LogP contribution in [0.2, 0.25) is 0 Å². The van der Waals surface area contributed by atoms with Gasteiger partial charge in [0, 0.05) is 24.3 Å². The van der Waals surface area contributed by atoms with E-state index in [2.05, 4.69) is 10.3 Å².